The zero-order valence-electron chi connectivity index (χ0n) is 18.2. The van der Waals surface area contributed by atoms with E-state index in [-0.39, 0.29) is 17.8 Å². The van der Waals surface area contributed by atoms with Crippen LogP contribution in [0.25, 0.3) is 5.57 Å². The normalized spacial score (nSPS) is 15.1. The fourth-order valence-corrected chi connectivity index (χ4v) is 3.78. The van der Waals surface area contributed by atoms with Crippen LogP contribution in [0, 0.1) is 0 Å². The van der Waals surface area contributed by atoms with Crippen LogP contribution >= 0.6 is 11.6 Å². The number of halogens is 1. The Hall–Kier alpha value is -3.19. The fourth-order valence-electron chi connectivity index (χ4n) is 3.67. The maximum absolute atomic E-state index is 10.7. The molecule has 8 heteroatoms. The lowest BCUT2D eigenvalue weighted by molar-refractivity contribution is 0.329. The van der Waals surface area contributed by atoms with E-state index in [1.807, 2.05) is 24.3 Å². The quantitative estimate of drug-likeness (QED) is 0.479. The van der Waals surface area contributed by atoms with Crippen molar-refractivity contribution in [3.8, 4) is 0 Å². The van der Waals surface area contributed by atoms with Crippen molar-refractivity contribution < 1.29 is 9.52 Å². The van der Waals surface area contributed by atoms with Crippen LogP contribution in [0.4, 0.5) is 0 Å². The van der Waals surface area contributed by atoms with Gasteiger partial charge in [-0.2, -0.15) is 0 Å². The van der Waals surface area contributed by atoms with E-state index in [4.69, 9.17) is 16.0 Å². The molecular weight excluding hydrogens is 426 g/mol. The lowest BCUT2D eigenvalue weighted by Gasteiger charge is -2.35. The Labute approximate surface area is 192 Å². The molecule has 2 aromatic heterocycles. The second-order valence-corrected chi connectivity index (χ2v) is 8.23. The van der Waals surface area contributed by atoms with Gasteiger partial charge in [0.25, 0.3) is 5.89 Å². The van der Waals surface area contributed by atoms with E-state index in [2.05, 4.69) is 51.1 Å². The van der Waals surface area contributed by atoms with Crippen LogP contribution in [0.2, 0.25) is 5.02 Å². The summed E-state index contributed by atoms with van der Waals surface area (Å²) in [5, 5.41) is 19.6. The summed E-state index contributed by atoms with van der Waals surface area (Å²) in [6.07, 6.45) is 4.81. The summed E-state index contributed by atoms with van der Waals surface area (Å²) in [5.41, 5.74) is 2.47. The number of nitrogens with zero attached hydrogens (tertiary/aromatic N) is 5. The van der Waals surface area contributed by atoms with Crippen LogP contribution in [0.15, 0.2) is 64.0 Å². The molecular formula is C24H26ClN5O2. The Morgan fingerprint density at radius 2 is 1.97 bits per heavy atom. The Morgan fingerprint density at radius 3 is 2.69 bits per heavy atom. The van der Waals surface area contributed by atoms with Gasteiger partial charge in [0.1, 0.15) is 5.84 Å². The van der Waals surface area contributed by atoms with Gasteiger partial charge in [-0.1, -0.05) is 55.3 Å². The van der Waals surface area contributed by atoms with E-state index in [0.29, 0.717) is 29.5 Å². The molecule has 0 spiro atoms. The number of rotatable bonds is 8. The lowest BCUT2D eigenvalue weighted by atomic mass is 10.0. The summed E-state index contributed by atoms with van der Waals surface area (Å²) >= 11 is 5.90. The van der Waals surface area contributed by atoms with E-state index in [1.165, 1.54) is 5.56 Å². The molecule has 0 aliphatic carbocycles. The Balaban J connectivity index is 1.59. The zero-order valence-corrected chi connectivity index (χ0v) is 19.0. The largest absolute Gasteiger partial charge is 0.493 e. The van der Waals surface area contributed by atoms with Crippen molar-refractivity contribution in [2.75, 3.05) is 6.54 Å². The summed E-state index contributed by atoms with van der Waals surface area (Å²) in [7, 11) is 0. The topological polar surface area (TPSA) is 87.6 Å². The smallest absolute Gasteiger partial charge is 0.250 e. The highest BCUT2D eigenvalue weighted by molar-refractivity contribution is 6.30. The Bertz CT molecular complexity index is 1110. The van der Waals surface area contributed by atoms with Gasteiger partial charge in [-0.3, -0.25) is 4.98 Å². The molecule has 0 unspecified atom stereocenters. The third-order valence-electron chi connectivity index (χ3n) is 5.51. The first-order valence-corrected chi connectivity index (χ1v) is 11.2. The number of benzene rings is 1. The summed E-state index contributed by atoms with van der Waals surface area (Å²) in [4.78, 5) is 11.0. The number of hydrogen-bond donors (Lipinski definition) is 1. The Kier molecular flexibility index (Phi) is 6.85. The monoisotopic (exact) mass is 451 g/mol. The van der Waals surface area contributed by atoms with Gasteiger partial charge in [-0.05, 0) is 31.0 Å². The van der Waals surface area contributed by atoms with Crippen LogP contribution < -0.4 is 0 Å². The van der Waals surface area contributed by atoms with Crippen LogP contribution in [0.3, 0.4) is 0 Å². The molecule has 0 bridgehead atoms. The molecule has 3 aromatic rings. The third kappa shape index (κ3) is 4.99. The van der Waals surface area contributed by atoms with E-state index in [9.17, 15) is 5.11 Å². The molecule has 1 aliphatic heterocycles. The van der Waals surface area contributed by atoms with Crippen molar-refractivity contribution in [2.24, 2.45) is 4.99 Å². The molecule has 0 amide bonds. The first kappa shape index (κ1) is 22.0. The third-order valence-corrected chi connectivity index (χ3v) is 5.74. The predicted molar refractivity (Wildman–Crippen MR) is 124 cm³/mol. The summed E-state index contributed by atoms with van der Waals surface area (Å²) in [5.74, 6) is 1.50. The number of aliphatic imine (C=N–C) groups is 1. The minimum atomic E-state index is -0.0626. The molecule has 0 saturated carbocycles. The molecule has 0 saturated heterocycles. The molecule has 1 aromatic carbocycles. The molecule has 7 nitrogen and oxygen atoms in total. The number of aromatic nitrogens is 3. The average molecular weight is 452 g/mol. The Morgan fingerprint density at radius 1 is 1.16 bits per heavy atom. The standard InChI is InChI=1S/C24H26ClN5O2/c1-3-4-10-21-27-23(31)20(15-30(21)16(2)17-8-6-5-7-9-17)24-29-28-22(32-24)13-19-12-11-18(25)14-26-19/h5-9,11-12,14,16,31H,3-4,10,13,15H2,1-2H3/t16-/m0/s1. The second kappa shape index (κ2) is 9.96. The van der Waals surface area contributed by atoms with Crippen LogP contribution in [0.5, 0.6) is 0 Å². The van der Waals surface area contributed by atoms with Crippen LogP contribution in [-0.2, 0) is 6.42 Å². The molecule has 32 heavy (non-hydrogen) atoms. The van der Waals surface area contributed by atoms with Crippen molar-refractivity contribution >= 4 is 23.0 Å². The summed E-state index contributed by atoms with van der Waals surface area (Å²) < 4.78 is 5.87. The number of pyridine rings is 1. The molecule has 166 valence electrons. The lowest BCUT2D eigenvalue weighted by Crippen LogP contribution is -2.37. The molecule has 1 N–H and O–H groups in total. The molecule has 1 aliphatic rings. The van der Waals surface area contributed by atoms with Gasteiger partial charge in [0.2, 0.25) is 11.8 Å². The van der Waals surface area contributed by atoms with Crippen molar-refractivity contribution in [1.82, 2.24) is 20.1 Å². The number of aliphatic hydroxyl groups is 1. The molecule has 4 rings (SSSR count). The van der Waals surface area contributed by atoms with Gasteiger partial charge < -0.3 is 14.4 Å². The number of aliphatic hydroxyl groups excluding tert-OH is 1. The minimum absolute atomic E-state index is 0.0626. The molecule has 1 atom stereocenters. The fraction of sp³-hybridized carbons (Fsp3) is 0.333. The van der Waals surface area contributed by atoms with Crippen molar-refractivity contribution in [2.45, 2.75) is 45.6 Å². The van der Waals surface area contributed by atoms with Gasteiger partial charge in [-0.15, -0.1) is 10.2 Å². The number of unbranched alkanes of at least 4 members (excludes halogenated alkanes) is 1. The predicted octanol–water partition coefficient (Wildman–Crippen LogP) is 5.60. The molecule has 3 heterocycles. The van der Waals surface area contributed by atoms with Gasteiger partial charge in [0.15, 0.2) is 0 Å². The van der Waals surface area contributed by atoms with Gasteiger partial charge in [0, 0.05) is 18.3 Å². The maximum atomic E-state index is 10.7. The van der Waals surface area contributed by atoms with Gasteiger partial charge in [0.05, 0.1) is 29.6 Å². The zero-order chi connectivity index (χ0) is 22.5. The van der Waals surface area contributed by atoms with Crippen molar-refractivity contribution in [3.63, 3.8) is 0 Å². The highest BCUT2D eigenvalue weighted by Gasteiger charge is 2.29. The first-order valence-electron chi connectivity index (χ1n) is 10.8. The van der Waals surface area contributed by atoms with Crippen LogP contribution in [-0.4, -0.2) is 37.6 Å². The van der Waals surface area contributed by atoms with Crippen molar-refractivity contribution in [3.05, 3.63) is 82.6 Å². The van der Waals surface area contributed by atoms with E-state index in [0.717, 1.165) is 30.8 Å². The van der Waals surface area contributed by atoms with Crippen molar-refractivity contribution in [1.29, 1.82) is 0 Å². The average Bonchev–Trinajstić information content (AvgIpc) is 3.27. The highest BCUT2D eigenvalue weighted by Crippen LogP contribution is 2.31. The van der Waals surface area contributed by atoms with E-state index >= 15 is 0 Å². The van der Waals surface area contributed by atoms with E-state index in [1.54, 1.807) is 12.3 Å². The van der Waals surface area contributed by atoms with E-state index < -0.39 is 0 Å². The molecule has 0 radical (unpaired) electrons. The SMILES string of the molecule is CCCCC1=NC(O)=C(c2nnc(Cc3ccc(Cl)cn3)o2)CN1[C@@H](C)c1ccccc1. The molecule has 0 fully saturated rings. The summed E-state index contributed by atoms with van der Waals surface area (Å²) in [6, 6.07) is 13.9. The van der Waals surface area contributed by atoms with Gasteiger partial charge >= 0.3 is 0 Å². The number of amidine groups is 1. The number of hydrogen-bond acceptors (Lipinski definition) is 7. The van der Waals surface area contributed by atoms with Gasteiger partial charge in [-0.25, -0.2) is 4.99 Å². The maximum Gasteiger partial charge on any atom is 0.250 e. The highest BCUT2D eigenvalue weighted by atomic mass is 35.5. The second-order valence-electron chi connectivity index (χ2n) is 7.79. The first-order chi connectivity index (χ1) is 15.5. The van der Waals surface area contributed by atoms with Crippen LogP contribution in [0.1, 0.15) is 62.2 Å². The summed E-state index contributed by atoms with van der Waals surface area (Å²) in [6.45, 7) is 4.72. The minimum Gasteiger partial charge on any atom is -0.493 e.